The molecule has 0 aliphatic heterocycles. The summed E-state index contributed by atoms with van der Waals surface area (Å²) in [5, 5.41) is 12.9. The lowest BCUT2D eigenvalue weighted by atomic mass is 9.86. The Hall–Kier alpha value is -3.34. The molecule has 26 heavy (non-hydrogen) atoms. The van der Waals surface area contributed by atoms with E-state index in [1.807, 2.05) is 30.3 Å². The molecular formula is C21H20N2O3. The first-order valence-electron chi connectivity index (χ1n) is 8.20. The molecule has 0 fully saturated rings. The SMILES string of the molecule is C=CN(Cc1ccc(OC)cc1)C1=C(C)/C(=N/O)c2ccccc2C1=O. The van der Waals surface area contributed by atoms with Crippen LogP contribution in [0, 0.1) is 0 Å². The summed E-state index contributed by atoms with van der Waals surface area (Å²) in [6.07, 6.45) is 1.61. The zero-order chi connectivity index (χ0) is 18.7. The molecule has 2 aromatic carbocycles. The van der Waals surface area contributed by atoms with Gasteiger partial charge in [0.25, 0.3) is 0 Å². The van der Waals surface area contributed by atoms with Gasteiger partial charge in [0, 0.05) is 23.2 Å². The van der Waals surface area contributed by atoms with Gasteiger partial charge in [-0.25, -0.2) is 0 Å². The number of carbonyl (C=O) groups excluding carboxylic acids is 1. The summed E-state index contributed by atoms with van der Waals surface area (Å²) in [5.41, 5.74) is 3.63. The molecule has 3 rings (SSSR count). The molecule has 0 amide bonds. The van der Waals surface area contributed by atoms with Crippen molar-refractivity contribution in [3.05, 3.63) is 89.3 Å². The van der Waals surface area contributed by atoms with Gasteiger partial charge in [-0.2, -0.15) is 0 Å². The smallest absolute Gasteiger partial charge is 0.210 e. The van der Waals surface area contributed by atoms with Crippen LogP contribution in [0.15, 0.2) is 77.7 Å². The summed E-state index contributed by atoms with van der Waals surface area (Å²) in [6, 6.07) is 14.8. The highest BCUT2D eigenvalue weighted by atomic mass is 16.5. The monoisotopic (exact) mass is 348 g/mol. The van der Waals surface area contributed by atoms with Crippen molar-refractivity contribution in [3.8, 4) is 5.75 Å². The number of ketones is 1. The highest BCUT2D eigenvalue weighted by molar-refractivity contribution is 6.28. The lowest BCUT2D eigenvalue weighted by Gasteiger charge is -2.29. The van der Waals surface area contributed by atoms with Crippen molar-refractivity contribution < 1.29 is 14.7 Å². The van der Waals surface area contributed by atoms with E-state index < -0.39 is 0 Å². The Balaban J connectivity index is 2.01. The van der Waals surface area contributed by atoms with Crippen LogP contribution in [0.3, 0.4) is 0 Å². The number of fused-ring (bicyclic) bond motifs is 1. The van der Waals surface area contributed by atoms with E-state index in [1.54, 1.807) is 43.3 Å². The molecule has 132 valence electrons. The molecule has 0 heterocycles. The summed E-state index contributed by atoms with van der Waals surface area (Å²) in [7, 11) is 1.62. The van der Waals surface area contributed by atoms with E-state index >= 15 is 0 Å². The van der Waals surface area contributed by atoms with Crippen LogP contribution in [0.2, 0.25) is 0 Å². The molecule has 1 aliphatic rings. The van der Waals surface area contributed by atoms with Gasteiger partial charge >= 0.3 is 0 Å². The highest BCUT2D eigenvalue weighted by Crippen LogP contribution is 2.30. The zero-order valence-corrected chi connectivity index (χ0v) is 14.8. The fraction of sp³-hybridized carbons (Fsp3) is 0.143. The lowest BCUT2D eigenvalue weighted by molar-refractivity contribution is 0.0999. The molecule has 2 aromatic rings. The third kappa shape index (κ3) is 2.99. The number of carbonyl (C=O) groups is 1. The molecule has 0 atom stereocenters. The summed E-state index contributed by atoms with van der Waals surface area (Å²) in [4.78, 5) is 14.9. The van der Waals surface area contributed by atoms with Crippen LogP contribution in [0.5, 0.6) is 5.75 Å². The minimum absolute atomic E-state index is 0.112. The predicted molar refractivity (Wildman–Crippen MR) is 101 cm³/mol. The number of ether oxygens (including phenoxy) is 1. The fourth-order valence-corrected chi connectivity index (χ4v) is 3.14. The molecule has 0 radical (unpaired) electrons. The average Bonchev–Trinajstić information content (AvgIpc) is 2.68. The van der Waals surface area contributed by atoms with E-state index in [4.69, 9.17) is 4.74 Å². The number of nitrogens with zero attached hydrogens (tertiary/aromatic N) is 2. The number of hydrogen-bond acceptors (Lipinski definition) is 5. The summed E-state index contributed by atoms with van der Waals surface area (Å²) >= 11 is 0. The van der Waals surface area contributed by atoms with E-state index in [0.29, 0.717) is 34.7 Å². The van der Waals surface area contributed by atoms with Crippen LogP contribution in [0.1, 0.15) is 28.4 Å². The molecule has 5 nitrogen and oxygen atoms in total. The minimum Gasteiger partial charge on any atom is -0.497 e. The molecule has 0 aromatic heterocycles. The Labute approximate surface area is 152 Å². The highest BCUT2D eigenvalue weighted by Gasteiger charge is 2.31. The number of hydrogen-bond donors (Lipinski definition) is 1. The van der Waals surface area contributed by atoms with Gasteiger partial charge in [-0.3, -0.25) is 4.79 Å². The molecule has 0 saturated heterocycles. The summed E-state index contributed by atoms with van der Waals surface area (Å²) < 4.78 is 5.18. The van der Waals surface area contributed by atoms with Crippen LogP contribution in [-0.4, -0.2) is 28.7 Å². The average molecular weight is 348 g/mol. The third-order valence-corrected chi connectivity index (χ3v) is 4.47. The Morgan fingerprint density at radius 2 is 1.81 bits per heavy atom. The standard InChI is InChI=1S/C21H20N2O3/c1-4-23(13-15-9-11-16(26-3)12-10-15)20-14(2)19(22-25)17-7-5-6-8-18(17)21(20)24/h4-12,25H,1,13H2,2-3H3/b22-19-. The van der Waals surface area contributed by atoms with Gasteiger partial charge < -0.3 is 14.8 Å². The number of Topliss-reactive ketones (excluding diaryl/α,β-unsaturated/α-hetero) is 1. The largest absolute Gasteiger partial charge is 0.497 e. The van der Waals surface area contributed by atoms with E-state index in [9.17, 15) is 10.0 Å². The molecule has 1 N–H and O–H groups in total. The number of oxime groups is 1. The maximum atomic E-state index is 13.1. The van der Waals surface area contributed by atoms with Crippen molar-refractivity contribution in [3.63, 3.8) is 0 Å². The van der Waals surface area contributed by atoms with Crippen molar-refractivity contribution in [2.75, 3.05) is 7.11 Å². The van der Waals surface area contributed by atoms with Crippen molar-refractivity contribution >= 4 is 11.5 Å². The fourth-order valence-electron chi connectivity index (χ4n) is 3.14. The van der Waals surface area contributed by atoms with Crippen molar-refractivity contribution in [1.29, 1.82) is 0 Å². The topological polar surface area (TPSA) is 62.1 Å². The third-order valence-electron chi connectivity index (χ3n) is 4.47. The van der Waals surface area contributed by atoms with Crippen molar-refractivity contribution in [1.82, 2.24) is 4.90 Å². The molecule has 5 heteroatoms. The first-order valence-corrected chi connectivity index (χ1v) is 8.20. The number of allylic oxidation sites excluding steroid dienone is 2. The van der Waals surface area contributed by atoms with E-state index in [-0.39, 0.29) is 5.78 Å². The first kappa shape index (κ1) is 17.5. The van der Waals surface area contributed by atoms with Gasteiger partial charge in [0.1, 0.15) is 11.5 Å². The predicted octanol–water partition coefficient (Wildman–Crippen LogP) is 3.99. The van der Waals surface area contributed by atoms with Crippen molar-refractivity contribution in [2.24, 2.45) is 5.16 Å². The van der Waals surface area contributed by atoms with Crippen LogP contribution in [-0.2, 0) is 6.54 Å². The normalized spacial score (nSPS) is 15.0. The van der Waals surface area contributed by atoms with E-state index in [1.165, 1.54) is 0 Å². The Kier molecular flexibility index (Phi) is 4.89. The first-order chi connectivity index (χ1) is 12.6. The van der Waals surface area contributed by atoms with Gasteiger partial charge in [0.15, 0.2) is 0 Å². The summed E-state index contributed by atoms with van der Waals surface area (Å²) in [6.45, 7) is 6.10. The van der Waals surface area contributed by atoms with Gasteiger partial charge in [0.2, 0.25) is 5.78 Å². The second-order valence-corrected chi connectivity index (χ2v) is 5.96. The zero-order valence-electron chi connectivity index (χ0n) is 14.8. The lowest BCUT2D eigenvalue weighted by Crippen LogP contribution is -2.30. The number of benzene rings is 2. The maximum Gasteiger partial charge on any atom is 0.210 e. The quantitative estimate of drug-likeness (QED) is 0.655. The Morgan fingerprint density at radius 1 is 1.15 bits per heavy atom. The second kappa shape index (κ2) is 7.27. The molecular weight excluding hydrogens is 328 g/mol. The van der Waals surface area contributed by atoms with Gasteiger partial charge in [-0.1, -0.05) is 48.1 Å². The minimum atomic E-state index is -0.112. The van der Waals surface area contributed by atoms with Gasteiger partial charge in [0.05, 0.1) is 12.8 Å². The molecule has 0 bridgehead atoms. The van der Waals surface area contributed by atoms with Crippen LogP contribution in [0.4, 0.5) is 0 Å². The summed E-state index contributed by atoms with van der Waals surface area (Å²) in [5.74, 6) is 0.658. The van der Waals surface area contributed by atoms with Crippen LogP contribution >= 0.6 is 0 Å². The van der Waals surface area contributed by atoms with Crippen LogP contribution < -0.4 is 4.74 Å². The molecule has 0 saturated carbocycles. The Bertz CT molecular complexity index is 911. The van der Waals surface area contributed by atoms with E-state index in [2.05, 4.69) is 11.7 Å². The Morgan fingerprint density at radius 3 is 2.38 bits per heavy atom. The molecule has 0 unspecified atom stereocenters. The molecule has 0 spiro atoms. The van der Waals surface area contributed by atoms with E-state index in [0.717, 1.165) is 11.3 Å². The second-order valence-electron chi connectivity index (χ2n) is 5.96. The van der Waals surface area contributed by atoms with Crippen LogP contribution in [0.25, 0.3) is 0 Å². The maximum absolute atomic E-state index is 13.1. The van der Waals surface area contributed by atoms with Gasteiger partial charge in [-0.05, 0) is 30.8 Å². The number of rotatable bonds is 5. The van der Waals surface area contributed by atoms with Crippen molar-refractivity contribution in [2.45, 2.75) is 13.5 Å². The molecule has 1 aliphatic carbocycles. The number of methoxy groups -OCH3 is 1. The van der Waals surface area contributed by atoms with Gasteiger partial charge in [-0.15, -0.1) is 0 Å².